The van der Waals surface area contributed by atoms with E-state index < -0.39 is 5.82 Å². The van der Waals surface area contributed by atoms with Crippen molar-refractivity contribution in [2.45, 2.75) is 6.54 Å². The number of aromatic nitrogens is 3. The van der Waals surface area contributed by atoms with Crippen LogP contribution < -0.4 is 0 Å². The van der Waals surface area contributed by atoms with Gasteiger partial charge in [-0.2, -0.15) is 5.10 Å². The van der Waals surface area contributed by atoms with Gasteiger partial charge in [-0.25, -0.2) is 9.37 Å². The molecule has 0 aliphatic heterocycles. The zero-order valence-electron chi connectivity index (χ0n) is 9.52. The van der Waals surface area contributed by atoms with Crippen LogP contribution in [0.15, 0.2) is 24.5 Å². The highest BCUT2D eigenvalue weighted by Crippen LogP contribution is 2.16. The summed E-state index contributed by atoms with van der Waals surface area (Å²) in [5, 5.41) is 6.32. The lowest BCUT2D eigenvalue weighted by molar-refractivity contribution is 0.0781. The zero-order chi connectivity index (χ0) is 13.1. The molecule has 1 N–H and O–H groups in total. The molecule has 2 rings (SSSR count). The van der Waals surface area contributed by atoms with Gasteiger partial charge in [0.25, 0.3) is 5.91 Å². The minimum Gasteiger partial charge on any atom is -0.334 e. The van der Waals surface area contributed by atoms with Gasteiger partial charge in [-0.3, -0.25) is 9.89 Å². The molecule has 0 spiro atoms. The first-order valence-corrected chi connectivity index (χ1v) is 5.50. The minimum atomic E-state index is -0.615. The largest absolute Gasteiger partial charge is 0.334 e. The topological polar surface area (TPSA) is 61.9 Å². The van der Waals surface area contributed by atoms with Crippen LogP contribution >= 0.6 is 11.6 Å². The second kappa shape index (κ2) is 5.14. The Balaban J connectivity index is 2.12. The minimum absolute atomic E-state index is 0.00978. The second-order valence-corrected chi connectivity index (χ2v) is 4.13. The molecule has 1 aromatic heterocycles. The Morgan fingerprint density at radius 1 is 1.56 bits per heavy atom. The molecule has 18 heavy (non-hydrogen) atoms. The number of nitrogens with one attached hydrogen (secondary N) is 1. The number of amides is 1. The molecule has 94 valence electrons. The molecule has 0 atom stereocenters. The van der Waals surface area contributed by atoms with Crippen molar-refractivity contribution in [3.05, 3.63) is 46.8 Å². The van der Waals surface area contributed by atoms with Crippen molar-refractivity contribution < 1.29 is 9.18 Å². The zero-order valence-corrected chi connectivity index (χ0v) is 10.3. The third-order valence-corrected chi connectivity index (χ3v) is 2.67. The molecule has 0 aliphatic carbocycles. The van der Waals surface area contributed by atoms with E-state index in [0.717, 1.165) is 6.07 Å². The predicted molar refractivity (Wildman–Crippen MR) is 63.6 cm³/mol. The van der Waals surface area contributed by atoms with Crippen molar-refractivity contribution in [1.82, 2.24) is 20.1 Å². The lowest BCUT2D eigenvalue weighted by Gasteiger charge is -2.15. The lowest BCUT2D eigenvalue weighted by atomic mass is 10.2. The van der Waals surface area contributed by atoms with Gasteiger partial charge < -0.3 is 4.90 Å². The van der Waals surface area contributed by atoms with Gasteiger partial charge >= 0.3 is 0 Å². The molecule has 5 nitrogen and oxygen atoms in total. The molecule has 0 fully saturated rings. The molecule has 1 aromatic carbocycles. The fraction of sp³-hybridized carbons (Fsp3) is 0.182. The Morgan fingerprint density at radius 3 is 2.94 bits per heavy atom. The predicted octanol–water partition coefficient (Wildman–Crippen LogP) is 1.87. The van der Waals surface area contributed by atoms with E-state index in [1.54, 1.807) is 7.05 Å². The first kappa shape index (κ1) is 12.5. The molecule has 0 saturated heterocycles. The van der Waals surface area contributed by atoms with E-state index in [0.29, 0.717) is 5.82 Å². The fourth-order valence-electron chi connectivity index (χ4n) is 1.45. The summed E-state index contributed by atoms with van der Waals surface area (Å²) >= 11 is 5.56. The van der Waals surface area contributed by atoms with Crippen molar-refractivity contribution in [1.29, 1.82) is 0 Å². The van der Waals surface area contributed by atoms with E-state index >= 15 is 0 Å². The first-order valence-electron chi connectivity index (χ1n) is 5.12. The summed E-state index contributed by atoms with van der Waals surface area (Å²) in [6.45, 7) is 0.267. The Kier molecular flexibility index (Phi) is 3.57. The van der Waals surface area contributed by atoms with E-state index in [1.807, 2.05) is 0 Å². The number of rotatable bonds is 3. The molecule has 0 saturated carbocycles. The van der Waals surface area contributed by atoms with Crippen molar-refractivity contribution >= 4 is 17.5 Å². The van der Waals surface area contributed by atoms with Gasteiger partial charge in [-0.1, -0.05) is 11.6 Å². The smallest absolute Gasteiger partial charge is 0.254 e. The standard InChI is InChI=1S/C11H10ClFN4O/c1-17(5-10-14-6-15-16-10)11(18)7-2-3-8(12)9(13)4-7/h2-4,6H,5H2,1H3,(H,14,15,16). The van der Waals surface area contributed by atoms with Crippen molar-refractivity contribution in [3.8, 4) is 0 Å². The van der Waals surface area contributed by atoms with Gasteiger partial charge in [-0.15, -0.1) is 0 Å². The quantitative estimate of drug-likeness (QED) is 0.924. The SMILES string of the molecule is CN(Cc1ncn[nH]1)C(=O)c1ccc(Cl)c(F)c1. The molecule has 0 bridgehead atoms. The summed E-state index contributed by atoms with van der Waals surface area (Å²) in [5.74, 6) is -0.377. The van der Waals surface area contributed by atoms with Gasteiger partial charge in [0.1, 0.15) is 18.0 Å². The third kappa shape index (κ3) is 2.65. The van der Waals surface area contributed by atoms with E-state index in [9.17, 15) is 9.18 Å². The summed E-state index contributed by atoms with van der Waals surface area (Å²) < 4.78 is 13.2. The molecule has 1 amide bonds. The van der Waals surface area contributed by atoms with Crippen LogP contribution in [0.5, 0.6) is 0 Å². The lowest BCUT2D eigenvalue weighted by Crippen LogP contribution is -2.26. The second-order valence-electron chi connectivity index (χ2n) is 3.72. The monoisotopic (exact) mass is 268 g/mol. The Morgan fingerprint density at radius 2 is 2.33 bits per heavy atom. The number of H-pyrrole nitrogens is 1. The summed E-state index contributed by atoms with van der Waals surface area (Å²) in [6.07, 6.45) is 1.36. The number of halogens is 2. The molecule has 0 aliphatic rings. The van der Waals surface area contributed by atoms with Crippen LogP contribution in [-0.2, 0) is 6.54 Å². The fourth-order valence-corrected chi connectivity index (χ4v) is 1.57. The maximum absolute atomic E-state index is 13.2. The maximum atomic E-state index is 13.2. The summed E-state index contributed by atoms with van der Waals surface area (Å²) in [6, 6.07) is 3.94. The Bertz CT molecular complexity index is 558. The highest BCUT2D eigenvalue weighted by atomic mass is 35.5. The van der Waals surface area contributed by atoms with Gasteiger partial charge in [0.05, 0.1) is 11.6 Å². The number of benzene rings is 1. The van der Waals surface area contributed by atoms with Gasteiger partial charge in [-0.05, 0) is 18.2 Å². The number of carbonyl (C=O) groups excluding carboxylic acids is 1. The van der Waals surface area contributed by atoms with Gasteiger partial charge in [0.15, 0.2) is 0 Å². The highest BCUT2D eigenvalue weighted by molar-refractivity contribution is 6.30. The number of hydrogen-bond donors (Lipinski definition) is 1. The van der Waals surface area contributed by atoms with Crippen LogP contribution in [0.4, 0.5) is 4.39 Å². The molecular formula is C11H10ClFN4O. The number of hydrogen-bond acceptors (Lipinski definition) is 3. The van der Waals surface area contributed by atoms with Crippen molar-refractivity contribution in [3.63, 3.8) is 0 Å². The van der Waals surface area contributed by atoms with E-state index in [4.69, 9.17) is 11.6 Å². The van der Waals surface area contributed by atoms with Crippen molar-refractivity contribution in [2.75, 3.05) is 7.05 Å². The Labute approximate surface area is 108 Å². The molecular weight excluding hydrogens is 259 g/mol. The van der Waals surface area contributed by atoms with Crippen LogP contribution in [0.25, 0.3) is 0 Å². The molecule has 0 unspecified atom stereocenters. The summed E-state index contributed by atoms with van der Waals surface area (Å²) in [4.78, 5) is 17.3. The van der Waals surface area contributed by atoms with Crippen LogP contribution in [0.1, 0.15) is 16.2 Å². The van der Waals surface area contributed by atoms with E-state index in [2.05, 4.69) is 15.2 Å². The summed E-state index contributed by atoms with van der Waals surface area (Å²) in [7, 11) is 1.59. The highest BCUT2D eigenvalue weighted by Gasteiger charge is 2.14. The van der Waals surface area contributed by atoms with Crippen LogP contribution in [0.3, 0.4) is 0 Å². The van der Waals surface area contributed by atoms with E-state index in [-0.39, 0.29) is 23.0 Å². The van der Waals surface area contributed by atoms with Crippen molar-refractivity contribution in [2.24, 2.45) is 0 Å². The van der Waals surface area contributed by atoms with Crippen LogP contribution in [0.2, 0.25) is 5.02 Å². The molecule has 1 heterocycles. The maximum Gasteiger partial charge on any atom is 0.254 e. The van der Waals surface area contributed by atoms with Gasteiger partial charge in [0.2, 0.25) is 0 Å². The Hall–Kier alpha value is -1.95. The molecule has 0 radical (unpaired) electrons. The normalized spacial score (nSPS) is 10.4. The molecule has 2 aromatic rings. The van der Waals surface area contributed by atoms with Crippen LogP contribution in [0, 0.1) is 5.82 Å². The number of aromatic amines is 1. The average Bonchev–Trinajstić information content (AvgIpc) is 2.84. The van der Waals surface area contributed by atoms with Crippen LogP contribution in [-0.4, -0.2) is 33.0 Å². The number of nitrogens with zero attached hydrogens (tertiary/aromatic N) is 3. The third-order valence-electron chi connectivity index (χ3n) is 2.37. The first-order chi connectivity index (χ1) is 8.58. The average molecular weight is 269 g/mol. The number of carbonyl (C=O) groups is 1. The summed E-state index contributed by atoms with van der Waals surface area (Å²) in [5.41, 5.74) is 0.235. The molecule has 7 heteroatoms. The van der Waals surface area contributed by atoms with E-state index in [1.165, 1.54) is 23.4 Å². The van der Waals surface area contributed by atoms with Gasteiger partial charge in [0, 0.05) is 12.6 Å².